The molecular weight excluding hydrogens is 280 g/mol. The van der Waals surface area contributed by atoms with Gasteiger partial charge in [-0.1, -0.05) is 36.4 Å². The van der Waals surface area contributed by atoms with Crippen molar-refractivity contribution < 1.29 is 17.8 Å². The molecule has 0 saturated heterocycles. The van der Waals surface area contributed by atoms with Gasteiger partial charge in [0.15, 0.2) is 0 Å². The monoisotopic (exact) mass is 294 g/mol. The Morgan fingerprint density at radius 1 is 1.25 bits per heavy atom. The van der Waals surface area contributed by atoms with Crippen molar-refractivity contribution in [3.8, 4) is 0 Å². The largest absolute Gasteiger partial charge is 0.329 e. The highest BCUT2D eigenvalue weighted by atomic mass is 32.2. The minimum Gasteiger partial charge on any atom is -0.329 e. The van der Waals surface area contributed by atoms with E-state index < -0.39 is 26.9 Å². The van der Waals surface area contributed by atoms with Gasteiger partial charge in [-0.05, 0) is 18.2 Å². The average molecular weight is 294 g/mol. The summed E-state index contributed by atoms with van der Waals surface area (Å²) in [6.07, 6.45) is 5.50. The molecule has 1 amide bonds. The van der Waals surface area contributed by atoms with Gasteiger partial charge in [-0.3, -0.25) is 9.35 Å². The topological polar surface area (TPSA) is 109 Å². The average Bonchev–Trinajstić information content (AvgIpc) is 2.38. The third-order valence-electron chi connectivity index (χ3n) is 2.93. The molecule has 0 fully saturated rings. The third-order valence-corrected chi connectivity index (χ3v) is 4.12. The number of carbonyl (C=O) groups excluding carboxylic acids is 1. The van der Waals surface area contributed by atoms with Gasteiger partial charge in [-0.15, -0.1) is 0 Å². The highest BCUT2D eigenvalue weighted by Gasteiger charge is 2.42. The molecular formula is C13H14N2O4S. The number of benzene rings is 1. The van der Waals surface area contributed by atoms with Crippen LogP contribution in [-0.2, 0) is 10.1 Å². The first-order valence-electron chi connectivity index (χ1n) is 5.82. The Balaban J connectivity index is 2.28. The van der Waals surface area contributed by atoms with E-state index in [2.05, 4.69) is 5.32 Å². The molecule has 20 heavy (non-hydrogen) atoms. The summed E-state index contributed by atoms with van der Waals surface area (Å²) in [5.74, 6) is -0.526. The molecule has 2 unspecified atom stereocenters. The van der Waals surface area contributed by atoms with Crippen molar-refractivity contribution in [1.82, 2.24) is 5.32 Å². The van der Waals surface area contributed by atoms with Crippen LogP contribution in [0.15, 0.2) is 54.6 Å². The zero-order chi connectivity index (χ0) is 14.8. The first-order valence-corrected chi connectivity index (χ1v) is 7.32. The lowest BCUT2D eigenvalue weighted by atomic mass is 10.0. The fraction of sp³-hybridized carbons (Fsp3) is 0.154. The summed E-state index contributed by atoms with van der Waals surface area (Å²) >= 11 is 0. The molecule has 0 heterocycles. The Morgan fingerprint density at radius 3 is 2.50 bits per heavy atom. The third kappa shape index (κ3) is 2.96. The molecule has 7 heteroatoms. The molecule has 0 aliphatic heterocycles. The molecule has 0 aromatic heterocycles. The molecule has 0 spiro atoms. The summed E-state index contributed by atoms with van der Waals surface area (Å²) < 4.78 is 31.9. The molecule has 0 bridgehead atoms. The van der Waals surface area contributed by atoms with Crippen LogP contribution in [0.1, 0.15) is 10.4 Å². The number of hydrogen-bond donors (Lipinski definition) is 3. The van der Waals surface area contributed by atoms with E-state index in [1.165, 1.54) is 24.3 Å². The Hall–Kier alpha value is -1.96. The smallest absolute Gasteiger partial charge is 0.275 e. The van der Waals surface area contributed by atoms with Crippen LogP contribution >= 0.6 is 0 Å². The van der Waals surface area contributed by atoms with E-state index in [4.69, 9.17) is 5.73 Å². The van der Waals surface area contributed by atoms with Gasteiger partial charge >= 0.3 is 0 Å². The summed E-state index contributed by atoms with van der Waals surface area (Å²) in [5, 5.41) is 0.992. The molecule has 1 aliphatic carbocycles. The molecule has 1 aromatic rings. The number of amides is 1. The van der Waals surface area contributed by atoms with Crippen LogP contribution in [-0.4, -0.2) is 29.8 Å². The van der Waals surface area contributed by atoms with E-state index in [0.717, 1.165) is 0 Å². The van der Waals surface area contributed by atoms with Crippen LogP contribution in [0.2, 0.25) is 0 Å². The number of carbonyl (C=O) groups is 1. The van der Waals surface area contributed by atoms with Crippen molar-refractivity contribution in [3.63, 3.8) is 0 Å². The quantitative estimate of drug-likeness (QED) is 0.554. The first-order chi connectivity index (χ1) is 9.33. The van der Waals surface area contributed by atoms with Crippen molar-refractivity contribution in [2.75, 3.05) is 0 Å². The second kappa shape index (κ2) is 5.20. The SMILES string of the molecule is NC1(NC(=O)c2ccccc2)C=CC=CC1S(=O)(=O)O. The highest BCUT2D eigenvalue weighted by molar-refractivity contribution is 7.86. The maximum absolute atomic E-state index is 12.1. The maximum atomic E-state index is 12.1. The van der Waals surface area contributed by atoms with Gasteiger partial charge in [0, 0.05) is 5.56 Å². The number of allylic oxidation sites excluding steroid dienone is 2. The van der Waals surface area contributed by atoms with Crippen molar-refractivity contribution in [1.29, 1.82) is 0 Å². The zero-order valence-corrected chi connectivity index (χ0v) is 11.2. The molecule has 106 valence electrons. The van der Waals surface area contributed by atoms with Gasteiger partial charge in [-0.2, -0.15) is 8.42 Å². The van der Waals surface area contributed by atoms with Crippen molar-refractivity contribution in [3.05, 3.63) is 60.2 Å². The summed E-state index contributed by atoms with van der Waals surface area (Å²) in [6, 6.07) is 8.25. The summed E-state index contributed by atoms with van der Waals surface area (Å²) in [5.41, 5.74) is 4.56. The lowest BCUT2D eigenvalue weighted by Gasteiger charge is -2.33. The standard InChI is InChI=1S/C13H14N2O4S/c14-13(9-5-4-8-11(13)20(17,18)19)15-12(16)10-6-2-1-3-7-10/h1-9,11H,14H2,(H,15,16)(H,17,18,19). The molecule has 1 aromatic carbocycles. The van der Waals surface area contributed by atoms with Crippen LogP contribution in [0.3, 0.4) is 0 Å². The number of rotatable bonds is 3. The Labute approximate surface area is 116 Å². The highest BCUT2D eigenvalue weighted by Crippen LogP contribution is 2.20. The minimum absolute atomic E-state index is 0.342. The Kier molecular flexibility index (Phi) is 3.76. The molecule has 0 radical (unpaired) electrons. The van der Waals surface area contributed by atoms with Gasteiger partial charge in [0.2, 0.25) is 0 Å². The van der Waals surface area contributed by atoms with Gasteiger partial charge in [0.25, 0.3) is 16.0 Å². The second-order valence-electron chi connectivity index (χ2n) is 4.43. The van der Waals surface area contributed by atoms with Crippen LogP contribution < -0.4 is 11.1 Å². The maximum Gasteiger partial charge on any atom is 0.275 e. The Morgan fingerprint density at radius 2 is 1.90 bits per heavy atom. The van der Waals surface area contributed by atoms with Gasteiger partial charge in [0.1, 0.15) is 10.9 Å². The molecule has 6 nitrogen and oxygen atoms in total. The van der Waals surface area contributed by atoms with Crippen LogP contribution in [0.4, 0.5) is 0 Å². The van der Waals surface area contributed by atoms with E-state index in [-0.39, 0.29) is 0 Å². The second-order valence-corrected chi connectivity index (χ2v) is 5.97. The number of nitrogens with one attached hydrogen (secondary N) is 1. The lowest BCUT2D eigenvalue weighted by molar-refractivity contribution is 0.0919. The summed E-state index contributed by atoms with van der Waals surface area (Å²) in [7, 11) is -4.44. The Bertz CT molecular complexity index is 667. The van der Waals surface area contributed by atoms with Crippen LogP contribution in [0, 0.1) is 0 Å². The van der Waals surface area contributed by atoms with Gasteiger partial charge in [-0.25, -0.2) is 0 Å². The molecule has 0 saturated carbocycles. The van der Waals surface area contributed by atoms with Crippen molar-refractivity contribution in [2.24, 2.45) is 5.73 Å². The molecule has 1 aliphatic rings. The fourth-order valence-corrected chi connectivity index (χ4v) is 2.87. The zero-order valence-electron chi connectivity index (χ0n) is 10.4. The molecule has 4 N–H and O–H groups in total. The van der Waals surface area contributed by atoms with Crippen LogP contribution in [0.5, 0.6) is 0 Å². The number of hydrogen-bond acceptors (Lipinski definition) is 4. The predicted octanol–water partition coefficient (Wildman–Crippen LogP) is 0.454. The normalized spacial score (nSPS) is 25.4. The lowest BCUT2D eigenvalue weighted by Crippen LogP contribution is -2.64. The van der Waals surface area contributed by atoms with Crippen molar-refractivity contribution >= 4 is 16.0 Å². The van der Waals surface area contributed by atoms with E-state index in [1.807, 2.05) is 0 Å². The minimum atomic E-state index is -4.44. The fourth-order valence-electron chi connectivity index (χ4n) is 1.95. The van der Waals surface area contributed by atoms with Crippen LogP contribution in [0.25, 0.3) is 0 Å². The summed E-state index contributed by atoms with van der Waals surface area (Å²) in [6.45, 7) is 0. The van der Waals surface area contributed by atoms with Gasteiger partial charge < -0.3 is 11.1 Å². The predicted molar refractivity (Wildman–Crippen MR) is 74.4 cm³/mol. The number of nitrogens with two attached hydrogens (primary N) is 1. The molecule has 2 rings (SSSR count). The van der Waals surface area contributed by atoms with E-state index in [9.17, 15) is 17.8 Å². The van der Waals surface area contributed by atoms with E-state index >= 15 is 0 Å². The van der Waals surface area contributed by atoms with E-state index in [0.29, 0.717) is 5.56 Å². The van der Waals surface area contributed by atoms with E-state index in [1.54, 1.807) is 30.3 Å². The first kappa shape index (κ1) is 14.4. The summed E-state index contributed by atoms with van der Waals surface area (Å²) in [4.78, 5) is 12.1. The van der Waals surface area contributed by atoms with Gasteiger partial charge in [0.05, 0.1) is 0 Å². The van der Waals surface area contributed by atoms with Crippen molar-refractivity contribution in [2.45, 2.75) is 10.9 Å². The molecule has 2 atom stereocenters.